The summed E-state index contributed by atoms with van der Waals surface area (Å²) in [4.78, 5) is 16.1. The first-order valence-corrected chi connectivity index (χ1v) is 6.89. The number of aliphatic hydroxyl groups excluding tert-OH is 1. The molecule has 0 spiro atoms. The van der Waals surface area contributed by atoms with Crippen LogP contribution >= 0.6 is 11.8 Å². The van der Waals surface area contributed by atoms with Crippen LogP contribution in [0.1, 0.15) is 22.3 Å². The molecule has 1 unspecified atom stereocenters. The molecule has 0 aromatic carbocycles. The van der Waals surface area contributed by atoms with E-state index in [2.05, 4.69) is 22.1 Å². The van der Waals surface area contributed by atoms with Gasteiger partial charge >= 0.3 is 0 Å². The Hall–Kier alpha value is -1.51. The van der Waals surface area contributed by atoms with Gasteiger partial charge in [0.2, 0.25) is 0 Å². The van der Waals surface area contributed by atoms with Crippen molar-refractivity contribution in [1.29, 1.82) is 0 Å². The van der Waals surface area contributed by atoms with Gasteiger partial charge in [0.1, 0.15) is 6.61 Å². The molecule has 1 amide bonds. The molecule has 1 atom stereocenters. The molecule has 18 heavy (non-hydrogen) atoms. The summed E-state index contributed by atoms with van der Waals surface area (Å²) in [5, 5.41) is 11.7. The van der Waals surface area contributed by atoms with E-state index < -0.39 is 0 Å². The van der Waals surface area contributed by atoms with Gasteiger partial charge in [-0.15, -0.1) is 0 Å². The van der Waals surface area contributed by atoms with E-state index in [1.54, 1.807) is 18.5 Å². The van der Waals surface area contributed by atoms with Crippen molar-refractivity contribution in [1.82, 2.24) is 10.3 Å². The zero-order chi connectivity index (χ0) is 12.8. The Bertz CT molecular complexity index is 487. The van der Waals surface area contributed by atoms with Crippen LogP contribution < -0.4 is 5.32 Å². The minimum absolute atomic E-state index is 0.118. The molecule has 5 heteroatoms. The predicted octanol–water partition coefficient (Wildman–Crippen LogP) is 0.661. The van der Waals surface area contributed by atoms with Crippen molar-refractivity contribution in [3.05, 3.63) is 29.6 Å². The number of thioether (sulfide) groups is 1. The number of nitrogens with zero attached hydrogens (tertiary/aromatic N) is 1. The standard InChI is InChI=1S/C13H14N2O2S/c16-6-1-2-10-8-14-5-3-12(10)13(17)15-11-4-7-18-9-11/h3,5,8,11,16H,4,6-7,9H2,(H,15,17). The third-order valence-electron chi connectivity index (χ3n) is 2.63. The maximum atomic E-state index is 12.1. The number of hydrogen-bond donors (Lipinski definition) is 2. The Labute approximate surface area is 110 Å². The van der Waals surface area contributed by atoms with Gasteiger partial charge in [-0.2, -0.15) is 11.8 Å². The second-order valence-corrected chi connectivity index (χ2v) is 5.06. The molecule has 0 bridgehead atoms. The van der Waals surface area contributed by atoms with E-state index in [0.717, 1.165) is 17.9 Å². The van der Waals surface area contributed by atoms with E-state index in [1.165, 1.54) is 0 Å². The normalized spacial score (nSPS) is 17.9. The van der Waals surface area contributed by atoms with Crippen molar-refractivity contribution in [3.63, 3.8) is 0 Å². The van der Waals surface area contributed by atoms with Gasteiger partial charge in [-0.3, -0.25) is 9.78 Å². The topological polar surface area (TPSA) is 62.2 Å². The van der Waals surface area contributed by atoms with Gasteiger partial charge in [-0.05, 0) is 18.2 Å². The first-order chi connectivity index (χ1) is 8.81. The average Bonchev–Trinajstić information content (AvgIpc) is 2.89. The van der Waals surface area contributed by atoms with Crippen molar-refractivity contribution < 1.29 is 9.90 Å². The first-order valence-electron chi connectivity index (χ1n) is 5.73. The van der Waals surface area contributed by atoms with Gasteiger partial charge in [-0.1, -0.05) is 11.8 Å². The highest BCUT2D eigenvalue weighted by atomic mass is 32.2. The van der Waals surface area contributed by atoms with Gasteiger partial charge in [0.25, 0.3) is 5.91 Å². The fraction of sp³-hybridized carbons (Fsp3) is 0.385. The molecule has 1 aromatic heterocycles. The molecule has 1 aliphatic heterocycles. The van der Waals surface area contributed by atoms with Crippen LogP contribution in [0.25, 0.3) is 0 Å². The highest BCUT2D eigenvalue weighted by Gasteiger charge is 2.19. The summed E-state index contributed by atoms with van der Waals surface area (Å²) in [6, 6.07) is 1.90. The lowest BCUT2D eigenvalue weighted by molar-refractivity contribution is 0.0941. The Morgan fingerprint density at radius 2 is 2.56 bits per heavy atom. The van der Waals surface area contributed by atoms with Gasteiger partial charge in [0.05, 0.1) is 11.1 Å². The summed E-state index contributed by atoms with van der Waals surface area (Å²) in [5.74, 6) is 7.22. The Balaban J connectivity index is 2.13. The molecule has 1 fully saturated rings. The number of hydrogen-bond acceptors (Lipinski definition) is 4. The van der Waals surface area contributed by atoms with Crippen LogP contribution in [-0.4, -0.2) is 40.2 Å². The molecule has 2 rings (SSSR count). The summed E-state index contributed by atoms with van der Waals surface area (Å²) in [6.45, 7) is -0.227. The van der Waals surface area contributed by atoms with Crippen LogP contribution in [0.5, 0.6) is 0 Å². The molecule has 2 heterocycles. The van der Waals surface area contributed by atoms with Crippen LogP contribution in [0.15, 0.2) is 18.5 Å². The third kappa shape index (κ3) is 3.25. The second-order valence-electron chi connectivity index (χ2n) is 3.92. The maximum Gasteiger partial charge on any atom is 0.252 e. The van der Waals surface area contributed by atoms with E-state index in [9.17, 15) is 4.79 Å². The van der Waals surface area contributed by atoms with Crippen molar-refractivity contribution in [2.24, 2.45) is 0 Å². The van der Waals surface area contributed by atoms with Crippen LogP contribution in [0.2, 0.25) is 0 Å². The Morgan fingerprint density at radius 1 is 1.67 bits per heavy atom. The quantitative estimate of drug-likeness (QED) is 0.769. The van der Waals surface area contributed by atoms with Crippen LogP contribution in [0.3, 0.4) is 0 Å². The maximum absolute atomic E-state index is 12.1. The monoisotopic (exact) mass is 262 g/mol. The van der Waals surface area contributed by atoms with Crippen LogP contribution in [-0.2, 0) is 0 Å². The van der Waals surface area contributed by atoms with Gasteiger partial charge in [-0.25, -0.2) is 0 Å². The number of carbonyl (C=O) groups excluding carboxylic acids is 1. The zero-order valence-electron chi connectivity index (χ0n) is 9.85. The lowest BCUT2D eigenvalue weighted by Gasteiger charge is -2.11. The minimum atomic E-state index is -0.227. The van der Waals surface area contributed by atoms with Gasteiger partial charge in [0.15, 0.2) is 0 Å². The highest BCUT2D eigenvalue weighted by Crippen LogP contribution is 2.17. The fourth-order valence-corrected chi connectivity index (χ4v) is 2.89. The van der Waals surface area contributed by atoms with E-state index in [-0.39, 0.29) is 18.6 Å². The molecule has 94 valence electrons. The molecule has 0 saturated carbocycles. The lowest BCUT2D eigenvalue weighted by Crippen LogP contribution is -2.35. The molecule has 1 aliphatic rings. The number of nitrogens with one attached hydrogen (secondary N) is 1. The second kappa shape index (κ2) is 6.43. The molecular formula is C13H14N2O2S. The first kappa shape index (κ1) is 12.9. The summed E-state index contributed by atoms with van der Waals surface area (Å²) < 4.78 is 0. The Morgan fingerprint density at radius 3 is 3.28 bits per heavy atom. The molecule has 0 aliphatic carbocycles. The number of rotatable bonds is 2. The van der Waals surface area contributed by atoms with Gasteiger partial charge < -0.3 is 10.4 Å². The molecule has 1 saturated heterocycles. The summed E-state index contributed by atoms with van der Waals surface area (Å²) in [6.07, 6.45) is 4.13. The molecule has 0 radical (unpaired) electrons. The Kier molecular flexibility index (Phi) is 4.62. The SMILES string of the molecule is O=C(NC1CCSC1)c1ccncc1C#CCO. The number of pyridine rings is 1. The largest absolute Gasteiger partial charge is 0.384 e. The summed E-state index contributed by atoms with van der Waals surface area (Å²) in [7, 11) is 0. The molecular weight excluding hydrogens is 248 g/mol. The van der Waals surface area contributed by atoms with Crippen molar-refractivity contribution in [2.75, 3.05) is 18.1 Å². The van der Waals surface area contributed by atoms with E-state index >= 15 is 0 Å². The number of aromatic nitrogens is 1. The average molecular weight is 262 g/mol. The number of amides is 1. The van der Waals surface area contributed by atoms with Crippen molar-refractivity contribution in [3.8, 4) is 11.8 Å². The van der Waals surface area contributed by atoms with Crippen LogP contribution in [0.4, 0.5) is 0 Å². The van der Waals surface area contributed by atoms with Crippen LogP contribution in [0, 0.1) is 11.8 Å². The number of carbonyl (C=O) groups is 1. The minimum Gasteiger partial charge on any atom is -0.384 e. The van der Waals surface area contributed by atoms with Crippen molar-refractivity contribution in [2.45, 2.75) is 12.5 Å². The predicted molar refractivity (Wildman–Crippen MR) is 71.4 cm³/mol. The highest BCUT2D eigenvalue weighted by molar-refractivity contribution is 7.99. The lowest BCUT2D eigenvalue weighted by atomic mass is 10.1. The van der Waals surface area contributed by atoms with Crippen molar-refractivity contribution >= 4 is 17.7 Å². The smallest absolute Gasteiger partial charge is 0.252 e. The zero-order valence-corrected chi connectivity index (χ0v) is 10.7. The van der Waals surface area contributed by atoms with E-state index in [4.69, 9.17) is 5.11 Å². The molecule has 2 N–H and O–H groups in total. The third-order valence-corrected chi connectivity index (χ3v) is 3.80. The van der Waals surface area contributed by atoms with Gasteiger partial charge in [0, 0.05) is 24.2 Å². The summed E-state index contributed by atoms with van der Waals surface area (Å²) in [5.41, 5.74) is 1.07. The summed E-state index contributed by atoms with van der Waals surface area (Å²) >= 11 is 1.85. The molecule has 4 nitrogen and oxygen atoms in total. The van der Waals surface area contributed by atoms with E-state index in [1.807, 2.05) is 11.8 Å². The van der Waals surface area contributed by atoms with E-state index in [0.29, 0.717) is 11.1 Å². The number of aliphatic hydroxyl groups is 1. The fourth-order valence-electron chi connectivity index (χ4n) is 1.74. The molecule has 1 aromatic rings.